The van der Waals surface area contributed by atoms with Crippen molar-refractivity contribution in [1.82, 2.24) is 9.55 Å². The maximum absolute atomic E-state index is 13.0. The van der Waals surface area contributed by atoms with Crippen LogP contribution in [0.4, 0.5) is 10.1 Å². The second-order valence-electron chi connectivity index (χ2n) is 6.00. The molecule has 1 N–H and O–H groups in total. The SMILES string of the molecule is COc1cccc(-n2cnc3cc(NCc4ccc(F)cc4)ccc32)c1. The molecule has 0 saturated heterocycles. The Morgan fingerprint density at radius 2 is 1.88 bits per heavy atom. The molecule has 0 aliphatic rings. The van der Waals surface area contributed by atoms with Gasteiger partial charge in [-0.25, -0.2) is 9.37 Å². The largest absolute Gasteiger partial charge is 0.497 e. The van der Waals surface area contributed by atoms with Gasteiger partial charge in [-0.15, -0.1) is 0 Å². The van der Waals surface area contributed by atoms with Crippen molar-refractivity contribution in [3.05, 3.63) is 84.4 Å². The first-order valence-corrected chi connectivity index (χ1v) is 8.33. The number of methoxy groups -OCH3 is 1. The summed E-state index contributed by atoms with van der Waals surface area (Å²) in [7, 11) is 1.66. The van der Waals surface area contributed by atoms with Gasteiger partial charge in [0.1, 0.15) is 17.9 Å². The normalized spacial score (nSPS) is 10.8. The molecule has 0 radical (unpaired) electrons. The first kappa shape index (κ1) is 16.1. The third-order valence-electron chi connectivity index (χ3n) is 4.29. The van der Waals surface area contributed by atoms with Gasteiger partial charge in [0.2, 0.25) is 0 Å². The Balaban J connectivity index is 1.57. The van der Waals surface area contributed by atoms with Crippen LogP contribution in [0.15, 0.2) is 73.1 Å². The summed E-state index contributed by atoms with van der Waals surface area (Å²) in [6.45, 7) is 0.627. The number of ether oxygens (including phenoxy) is 1. The Kier molecular flexibility index (Phi) is 4.27. The molecular formula is C21H18FN3O. The average Bonchev–Trinajstić information content (AvgIpc) is 3.11. The number of hydrogen-bond donors (Lipinski definition) is 1. The minimum absolute atomic E-state index is 0.224. The van der Waals surface area contributed by atoms with E-state index in [0.29, 0.717) is 6.54 Å². The first-order chi connectivity index (χ1) is 12.7. The molecule has 0 fully saturated rings. The molecule has 4 aromatic rings. The Hall–Kier alpha value is -3.34. The van der Waals surface area contributed by atoms with Crippen molar-refractivity contribution >= 4 is 16.7 Å². The van der Waals surface area contributed by atoms with Crippen LogP contribution in [-0.4, -0.2) is 16.7 Å². The Labute approximate surface area is 150 Å². The van der Waals surface area contributed by atoms with E-state index in [1.165, 1.54) is 12.1 Å². The summed E-state index contributed by atoms with van der Waals surface area (Å²) in [6, 6.07) is 20.4. The van der Waals surface area contributed by atoms with Crippen molar-refractivity contribution in [2.45, 2.75) is 6.54 Å². The molecule has 0 bridgehead atoms. The van der Waals surface area contributed by atoms with E-state index in [1.54, 1.807) is 19.2 Å². The molecule has 1 heterocycles. The highest BCUT2D eigenvalue weighted by Crippen LogP contribution is 2.24. The fraction of sp³-hybridized carbons (Fsp3) is 0.0952. The number of aromatic nitrogens is 2. The van der Waals surface area contributed by atoms with Gasteiger partial charge in [-0.3, -0.25) is 4.57 Å². The molecule has 26 heavy (non-hydrogen) atoms. The number of nitrogens with zero attached hydrogens (tertiary/aromatic N) is 2. The Bertz CT molecular complexity index is 1040. The van der Waals surface area contributed by atoms with Crippen molar-refractivity contribution in [3.8, 4) is 11.4 Å². The maximum Gasteiger partial charge on any atom is 0.123 e. The van der Waals surface area contributed by atoms with E-state index in [0.717, 1.165) is 33.7 Å². The van der Waals surface area contributed by atoms with Crippen LogP contribution in [0.3, 0.4) is 0 Å². The molecule has 0 atom stereocenters. The number of imidazole rings is 1. The van der Waals surface area contributed by atoms with Crippen LogP contribution in [0, 0.1) is 5.82 Å². The van der Waals surface area contributed by atoms with Gasteiger partial charge >= 0.3 is 0 Å². The summed E-state index contributed by atoms with van der Waals surface area (Å²) in [5.74, 6) is 0.584. The second-order valence-corrected chi connectivity index (χ2v) is 6.00. The maximum atomic E-state index is 13.0. The van der Waals surface area contributed by atoms with Crippen molar-refractivity contribution < 1.29 is 9.13 Å². The molecule has 4 nitrogen and oxygen atoms in total. The Morgan fingerprint density at radius 1 is 1.04 bits per heavy atom. The predicted octanol–water partition coefficient (Wildman–Crippen LogP) is 4.79. The van der Waals surface area contributed by atoms with Crippen LogP contribution in [0.1, 0.15) is 5.56 Å². The molecule has 0 spiro atoms. The average molecular weight is 347 g/mol. The number of benzene rings is 3. The monoisotopic (exact) mass is 347 g/mol. The van der Waals surface area contributed by atoms with Gasteiger partial charge in [0.15, 0.2) is 0 Å². The standard InChI is InChI=1S/C21H18FN3O/c1-26-19-4-2-3-18(12-19)25-14-24-20-11-17(9-10-21(20)25)23-13-15-5-7-16(22)8-6-15/h2-12,14,23H,13H2,1H3. The molecule has 0 aliphatic heterocycles. The number of halogens is 1. The van der Waals surface area contributed by atoms with Crippen molar-refractivity contribution in [1.29, 1.82) is 0 Å². The lowest BCUT2D eigenvalue weighted by Crippen LogP contribution is -1.99. The van der Waals surface area contributed by atoms with E-state index < -0.39 is 0 Å². The Morgan fingerprint density at radius 3 is 2.69 bits per heavy atom. The summed E-state index contributed by atoms with van der Waals surface area (Å²) in [6.07, 6.45) is 1.81. The molecule has 0 unspecified atom stereocenters. The lowest BCUT2D eigenvalue weighted by molar-refractivity contribution is 0.414. The smallest absolute Gasteiger partial charge is 0.123 e. The fourth-order valence-electron chi connectivity index (χ4n) is 2.90. The number of anilines is 1. The zero-order valence-corrected chi connectivity index (χ0v) is 14.3. The van der Waals surface area contributed by atoms with E-state index in [4.69, 9.17) is 4.74 Å². The van der Waals surface area contributed by atoms with Gasteiger partial charge in [0.05, 0.1) is 23.8 Å². The minimum Gasteiger partial charge on any atom is -0.497 e. The van der Waals surface area contributed by atoms with E-state index in [2.05, 4.69) is 10.3 Å². The van der Waals surface area contributed by atoms with Crippen LogP contribution >= 0.6 is 0 Å². The quantitative estimate of drug-likeness (QED) is 0.564. The van der Waals surface area contributed by atoms with Crippen LogP contribution in [-0.2, 0) is 6.54 Å². The van der Waals surface area contributed by atoms with Gasteiger partial charge in [-0.2, -0.15) is 0 Å². The van der Waals surface area contributed by atoms with Gasteiger partial charge < -0.3 is 10.1 Å². The molecule has 4 rings (SSSR count). The molecule has 0 aliphatic carbocycles. The van der Waals surface area contributed by atoms with Crippen molar-refractivity contribution in [2.24, 2.45) is 0 Å². The predicted molar refractivity (Wildman–Crippen MR) is 101 cm³/mol. The second kappa shape index (κ2) is 6.88. The molecule has 1 aromatic heterocycles. The van der Waals surface area contributed by atoms with Gasteiger partial charge in [-0.1, -0.05) is 18.2 Å². The third kappa shape index (κ3) is 3.24. The number of fused-ring (bicyclic) bond motifs is 1. The van der Waals surface area contributed by atoms with Gasteiger partial charge in [0.25, 0.3) is 0 Å². The first-order valence-electron chi connectivity index (χ1n) is 8.33. The van der Waals surface area contributed by atoms with E-state index >= 15 is 0 Å². The fourth-order valence-corrected chi connectivity index (χ4v) is 2.90. The number of hydrogen-bond acceptors (Lipinski definition) is 3. The lowest BCUT2D eigenvalue weighted by Gasteiger charge is -2.08. The minimum atomic E-state index is -0.224. The third-order valence-corrected chi connectivity index (χ3v) is 4.29. The zero-order chi connectivity index (χ0) is 17.9. The van der Waals surface area contributed by atoms with Crippen LogP contribution < -0.4 is 10.1 Å². The molecule has 130 valence electrons. The summed E-state index contributed by atoms with van der Waals surface area (Å²) < 4.78 is 20.3. The van der Waals surface area contributed by atoms with Gasteiger partial charge in [0, 0.05) is 18.3 Å². The highest BCUT2D eigenvalue weighted by atomic mass is 19.1. The number of nitrogens with one attached hydrogen (secondary N) is 1. The molecule has 0 amide bonds. The summed E-state index contributed by atoms with van der Waals surface area (Å²) in [5, 5.41) is 3.35. The molecule has 5 heteroatoms. The topological polar surface area (TPSA) is 39.1 Å². The number of rotatable bonds is 5. The highest BCUT2D eigenvalue weighted by molar-refractivity contribution is 5.81. The van der Waals surface area contributed by atoms with Crippen LogP contribution in [0.2, 0.25) is 0 Å². The van der Waals surface area contributed by atoms with E-state index in [9.17, 15) is 4.39 Å². The summed E-state index contributed by atoms with van der Waals surface area (Å²) >= 11 is 0. The van der Waals surface area contributed by atoms with E-state index in [1.807, 2.05) is 53.4 Å². The lowest BCUT2D eigenvalue weighted by atomic mass is 10.2. The van der Waals surface area contributed by atoms with E-state index in [-0.39, 0.29) is 5.82 Å². The highest BCUT2D eigenvalue weighted by Gasteiger charge is 2.06. The zero-order valence-electron chi connectivity index (χ0n) is 14.3. The van der Waals surface area contributed by atoms with Crippen LogP contribution in [0.25, 0.3) is 16.7 Å². The van der Waals surface area contributed by atoms with Crippen molar-refractivity contribution in [3.63, 3.8) is 0 Å². The molecule has 3 aromatic carbocycles. The van der Waals surface area contributed by atoms with Gasteiger partial charge in [-0.05, 0) is 48.0 Å². The summed E-state index contributed by atoms with van der Waals surface area (Å²) in [4.78, 5) is 4.51. The van der Waals surface area contributed by atoms with Crippen LogP contribution in [0.5, 0.6) is 5.75 Å². The molecule has 0 saturated carbocycles. The van der Waals surface area contributed by atoms with Crippen molar-refractivity contribution in [2.75, 3.05) is 12.4 Å². The summed E-state index contributed by atoms with van der Waals surface area (Å²) in [5.41, 5.74) is 4.91. The molecular weight excluding hydrogens is 329 g/mol.